The second-order valence-corrected chi connectivity index (χ2v) is 8.22. The first-order valence-corrected chi connectivity index (χ1v) is 11.0. The van der Waals surface area contributed by atoms with Gasteiger partial charge in [-0.1, -0.05) is 37.9 Å². The first-order chi connectivity index (χ1) is 13.6. The van der Waals surface area contributed by atoms with Crippen molar-refractivity contribution in [1.82, 2.24) is 14.8 Å². The van der Waals surface area contributed by atoms with Gasteiger partial charge < -0.3 is 9.88 Å². The van der Waals surface area contributed by atoms with E-state index in [2.05, 4.69) is 20.1 Å². The number of hydrogen-bond acceptors (Lipinski definition) is 5. The molecule has 0 aliphatic heterocycles. The van der Waals surface area contributed by atoms with E-state index in [9.17, 15) is 9.59 Å². The van der Waals surface area contributed by atoms with Crippen molar-refractivity contribution in [2.45, 2.75) is 70.0 Å². The Hall–Kier alpha value is -2.15. The van der Waals surface area contributed by atoms with Crippen LogP contribution in [0.3, 0.4) is 0 Å². The normalized spacial score (nSPS) is 14.8. The smallest absolute Gasteiger partial charge is 0.224 e. The summed E-state index contributed by atoms with van der Waals surface area (Å²) in [6, 6.07) is 7.54. The standard InChI is InChI=1S/C21H28N4O2S/c1-3-7-20(27)22-17-12-10-16(11-13-17)19(26)14-28-21-24-23-15(2)25(21)18-8-5-4-6-9-18/h10-13,18H,3-9,14H2,1-2H3,(H,22,27). The van der Waals surface area contributed by atoms with Crippen molar-refractivity contribution in [2.75, 3.05) is 11.1 Å². The number of nitrogens with zero attached hydrogens (tertiary/aromatic N) is 3. The van der Waals surface area contributed by atoms with Crippen LogP contribution in [0.4, 0.5) is 5.69 Å². The summed E-state index contributed by atoms with van der Waals surface area (Å²) < 4.78 is 2.21. The van der Waals surface area contributed by atoms with Crippen LogP contribution in [0.2, 0.25) is 0 Å². The van der Waals surface area contributed by atoms with Crippen molar-refractivity contribution in [3.8, 4) is 0 Å². The van der Waals surface area contributed by atoms with E-state index in [0.29, 0.717) is 23.8 Å². The Bertz CT molecular complexity index is 810. The summed E-state index contributed by atoms with van der Waals surface area (Å²) in [6.45, 7) is 3.95. The topological polar surface area (TPSA) is 76.9 Å². The summed E-state index contributed by atoms with van der Waals surface area (Å²) in [5, 5.41) is 12.2. The van der Waals surface area contributed by atoms with Gasteiger partial charge >= 0.3 is 0 Å². The third kappa shape index (κ3) is 5.22. The van der Waals surface area contributed by atoms with Crippen molar-refractivity contribution < 1.29 is 9.59 Å². The number of hydrogen-bond donors (Lipinski definition) is 1. The molecule has 7 heteroatoms. The Kier molecular flexibility index (Phi) is 7.25. The molecule has 6 nitrogen and oxygen atoms in total. The van der Waals surface area contributed by atoms with E-state index in [0.717, 1.165) is 35.9 Å². The minimum atomic E-state index is -0.00505. The Morgan fingerprint density at radius 1 is 1.14 bits per heavy atom. The predicted molar refractivity (Wildman–Crippen MR) is 112 cm³/mol. The fraction of sp³-hybridized carbons (Fsp3) is 0.524. The average Bonchev–Trinajstić information content (AvgIpc) is 3.08. The van der Waals surface area contributed by atoms with Crippen LogP contribution in [-0.2, 0) is 4.79 Å². The van der Waals surface area contributed by atoms with Gasteiger partial charge in [-0.2, -0.15) is 0 Å². The van der Waals surface area contributed by atoms with Crippen molar-refractivity contribution in [2.24, 2.45) is 0 Å². The monoisotopic (exact) mass is 400 g/mol. The number of carbonyl (C=O) groups is 2. The van der Waals surface area contributed by atoms with E-state index in [1.807, 2.05) is 13.8 Å². The van der Waals surface area contributed by atoms with Gasteiger partial charge in [-0.3, -0.25) is 9.59 Å². The van der Waals surface area contributed by atoms with Crippen LogP contribution in [0, 0.1) is 6.92 Å². The molecule has 1 amide bonds. The number of ketones is 1. The number of aromatic nitrogens is 3. The van der Waals surface area contributed by atoms with E-state index in [1.165, 1.54) is 31.0 Å². The van der Waals surface area contributed by atoms with Gasteiger partial charge in [0.1, 0.15) is 5.82 Å². The number of Topliss-reactive ketones (excluding diaryl/α,β-unsaturated/α-hetero) is 1. The lowest BCUT2D eigenvalue weighted by molar-refractivity contribution is -0.116. The largest absolute Gasteiger partial charge is 0.326 e. The zero-order chi connectivity index (χ0) is 19.9. The van der Waals surface area contributed by atoms with Gasteiger partial charge in [0, 0.05) is 23.7 Å². The molecule has 2 aromatic rings. The number of rotatable bonds is 8. The van der Waals surface area contributed by atoms with Gasteiger partial charge in [-0.15, -0.1) is 10.2 Å². The molecule has 0 spiro atoms. The zero-order valence-electron chi connectivity index (χ0n) is 16.6. The minimum absolute atomic E-state index is 0.00505. The molecule has 1 fully saturated rings. The van der Waals surface area contributed by atoms with Gasteiger partial charge in [0.05, 0.1) is 5.75 Å². The number of aryl methyl sites for hydroxylation is 1. The molecule has 0 bridgehead atoms. The lowest BCUT2D eigenvalue weighted by Crippen LogP contribution is -2.15. The maximum Gasteiger partial charge on any atom is 0.224 e. The molecule has 1 aromatic carbocycles. The lowest BCUT2D eigenvalue weighted by Gasteiger charge is -2.24. The molecular weight excluding hydrogens is 372 g/mol. The summed E-state index contributed by atoms with van der Waals surface area (Å²) in [4.78, 5) is 24.2. The first kappa shape index (κ1) is 20.6. The Morgan fingerprint density at radius 2 is 1.86 bits per heavy atom. The van der Waals surface area contributed by atoms with Crippen LogP contribution < -0.4 is 5.32 Å². The molecule has 1 aromatic heterocycles. The van der Waals surface area contributed by atoms with Crippen LogP contribution in [0.1, 0.15) is 74.1 Å². The van der Waals surface area contributed by atoms with Gasteiger partial charge in [0.2, 0.25) is 5.91 Å². The third-order valence-corrected chi connectivity index (χ3v) is 6.02. The first-order valence-electron chi connectivity index (χ1n) is 10.1. The number of nitrogens with one attached hydrogen (secondary N) is 1. The lowest BCUT2D eigenvalue weighted by atomic mass is 9.95. The predicted octanol–water partition coefficient (Wildman–Crippen LogP) is 4.81. The highest BCUT2D eigenvalue weighted by molar-refractivity contribution is 7.99. The van der Waals surface area contributed by atoms with Crippen LogP contribution in [0.15, 0.2) is 29.4 Å². The minimum Gasteiger partial charge on any atom is -0.326 e. The fourth-order valence-corrected chi connectivity index (χ4v) is 4.56. The van der Waals surface area contributed by atoms with Crippen molar-refractivity contribution in [1.29, 1.82) is 0 Å². The maximum absolute atomic E-state index is 12.6. The van der Waals surface area contributed by atoms with Crippen LogP contribution in [-0.4, -0.2) is 32.2 Å². The fourth-order valence-electron chi connectivity index (χ4n) is 3.61. The number of amides is 1. The highest BCUT2D eigenvalue weighted by atomic mass is 32.2. The Labute approximate surface area is 170 Å². The van der Waals surface area contributed by atoms with Gasteiger partial charge in [-0.05, 0) is 50.5 Å². The summed E-state index contributed by atoms with van der Waals surface area (Å²) >= 11 is 1.46. The van der Waals surface area contributed by atoms with Gasteiger partial charge in [-0.25, -0.2) is 0 Å². The molecule has 1 aliphatic carbocycles. The number of anilines is 1. The molecular formula is C21H28N4O2S. The van der Waals surface area contributed by atoms with Crippen LogP contribution >= 0.6 is 11.8 Å². The summed E-state index contributed by atoms with van der Waals surface area (Å²) in [5.74, 6) is 1.29. The summed E-state index contributed by atoms with van der Waals surface area (Å²) in [5.41, 5.74) is 1.36. The van der Waals surface area contributed by atoms with E-state index in [4.69, 9.17) is 0 Å². The molecule has 28 heavy (non-hydrogen) atoms. The molecule has 0 unspecified atom stereocenters. The number of carbonyl (C=O) groups excluding carboxylic acids is 2. The molecule has 0 radical (unpaired) electrons. The molecule has 1 aliphatic rings. The number of benzene rings is 1. The Balaban J connectivity index is 1.59. The third-order valence-electron chi connectivity index (χ3n) is 5.07. The molecule has 1 N–H and O–H groups in total. The van der Waals surface area contributed by atoms with Gasteiger partial charge in [0.15, 0.2) is 10.9 Å². The molecule has 1 saturated carbocycles. The van der Waals surface area contributed by atoms with E-state index in [-0.39, 0.29) is 11.7 Å². The molecule has 1 heterocycles. The molecule has 3 rings (SSSR count). The highest BCUT2D eigenvalue weighted by Crippen LogP contribution is 2.32. The molecule has 150 valence electrons. The number of thioether (sulfide) groups is 1. The van der Waals surface area contributed by atoms with Gasteiger partial charge in [0.25, 0.3) is 0 Å². The highest BCUT2D eigenvalue weighted by Gasteiger charge is 2.22. The van der Waals surface area contributed by atoms with Crippen LogP contribution in [0.5, 0.6) is 0 Å². The quantitative estimate of drug-likeness (QED) is 0.508. The molecule has 0 saturated heterocycles. The SMILES string of the molecule is CCCC(=O)Nc1ccc(C(=O)CSc2nnc(C)n2C2CCCCC2)cc1. The van der Waals surface area contributed by atoms with Crippen LogP contribution in [0.25, 0.3) is 0 Å². The van der Waals surface area contributed by atoms with E-state index in [1.54, 1.807) is 24.3 Å². The zero-order valence-corrected chi connectivity index (χ0v) is 17.4. The van der Waals surface area contributed by atoms with Crippen molar-refractivity contribution >= 4 is 29.1 Å². The average molecular weight is 401 g/mol. The van der Waals surface area contributed by atoms with Crippen molar-refractivity contribution in [3.63, 3.8) is 0 Å². The van der Waals surface area contributed by atoms with Crippen molar-refractivity contribution in [3.05, 3.63) is 35.7 Å². The summed E-state index contributed by atoms with van der Waals surface area (Å²) in [7, 11) is 0. The summed E-state index contributed by atoms with van der Waals surface area (Å²) in [6.07, 6.45) is 7.41. The van der Waals surface area contributed by atoms with E-state index < -0.39 is 0 Å². The maximum atomic E-state index is 12.6. The second kappa shape index (κ2) is 9.87. The Morgan fingerprint density at radius 3 is 2.54 bits per heavy atom. The van der Waals surface area contributed by atoms with E-state index >= 15 is 0 Å². The second-order valence-electron chi connectivity index (χ2n) is 7.28. The molecule has 0 atom stereocenters.